The molecular weight excluding hydrogens is 418 g/mol. The second-order valence-corrected chi connectivity index (χ2v) is 7.12. The van der Waals surface area contributed by atoms with E-state index in [2.05, 4.69) is 20.4 Å². The van der Waals surface area contributed by atoms with E-state index in [1.807, 2.05) is 30.3 Å². The van der Waals surface area contributed by atoms with Gasteiger partial charge in [0, 0.05) is 12.7 Å². The number of benzene rings is 2. The Morgan fingerprint density at radius 3 is 2.59 bits per heavy atom. The molecule has 9 heteroatoms. The lowest BCUT2D eigenvalue weighted by Gasteiger charge is -2.29. The Kier molecular flexibility index (Phi) is 6.25. The van der Waals surface area contributed by atoms with Crippen molar-refractivity contribution in [2.24, 2.45) is 0 Å². The highest BCUT2D eigenvalue weighted by molar-refractivity contribution is 6.04. The molecule has 0 atom stereocenters. The SMILES string of the molecule is O=C(NCc1ccc(OC(F)F)cc1)c1cnc2c(c1)N(Cc1ccccc1)C(=O)CN2. The molecule has 2 heterocycles. The van der Waals surface area contributed by atoms with Crippen LogP contribution in [0, 0.1) is 0 Å². The van der Waals surface area contributed by atoms with Crippen molar-refractivity contribution in [3.8, 4) is 5.75 Å². The molecule has 0 saturated carbocycles. The van der Waals surface area contributed by atoms with Gasteiger partial charge in [0.15, 0.2) is 5.82 Å². The number of fused-ring (bicyclic) bond motifs is 1. The Balaban J connectivity index is 1.46. The first-order valence-electron chi connectivity index (χ1n) is 9.90. The largest absolute Gasteiger partial charge is 0.435 e. The minimum atomic E-state index is -2.89. The topological polar surface area (TPSA) is 83.6 Å². The number of anilines is 2. The summed E-state index contributed by atoms with van der Waals surface area (Å²) in [5.41, 5.74) is 2.51. The van der Waals surface area contributed by atoms with Crippen LogP contribution in [-0.4, -0.2) is 30.0 Å². The molecule has 2 N–H and O–H groups in total. The number of amides is 2. The predicted molar refractivity (Wildman–Crippen MR) is 115 cm³/mol. The van der Waals surface area contributed by atoms with Gasteiger partial charge in [-0.25, -0.2) is 4.98 Å². The van der Waals surface area contributed by atoms with Gasteiger partial charge in [0.25, 0.3) is 5.91 Å². The Morgan fingerprint density at radius 2 is 1.88 bits per heavy atom. The van der Waals surface area contributed by atoms with Crippen molar-refractivity contribution < 1.29 is 23.1 Å². The van der Waals surface area contributed by atoms with Crippen LogP contribution in [0.2, 0.25) is 0 Å². The van der Waals surface area contributed by atoms with Gasteiger partial charge in [0.1, 0.15) is 5.75 Å². The smallest absolute Gasteiger partial charge is 0.387 e. The lowest BCUT2D eigenvalue weighted by Crippen LogP contribution is -2.40. The summed E-state index contributed by atoms with van der Waals surface area (Å²) >= 11 is 0. The highest BCUT2D eigenvalue weighted by Gasteiger charge is 2.26. The van der Waals surface area contributed by atoms with Crippen LogP contribution in [0.1, 0.15) is 21.5 Å². The van der Waals surface area contributed by atoms with Crippen LogP contribution in [0.4, 0.5) is 20.3 Å². The van der Waals surface area contributed by atoms with E-state index in [9.17, 15) is 18.4 Å². The predicted octanol–water partition coefficient (Wildman–Crippen LogP) is 3.57. The Labute approximate surface area is 183 Å². The molecule has 2 amide bonds. The number of nitrogens with zero attached hydrogens (tertiary/aromatic N) is 2. The third-order valence-electron chi connectivity index (χ3n) is 4.91. The molecule has 1 aliphatic rings. The summed E-state index contributed by atoms with van der Waals surface area (Å²) in [6.45, 7) is -2.20. The van der Waals surface area contributed by atoms with Gasteiger partial charge in [-0.3, -0.25) is 9.59 Å². The Morgan fingerprint density at radius 1 is 1.12 bits per heavy atom. The quantitative estimate of drug-likeness (QED) is 0.589. The zero-order valence-electron chi connectivity index (χ0n) is 16.9. The van der Waals surface area contributed by atoms with E-state index in [4.69, 9.17) is 0 Å². The number of hydrogen-bond acceptors (Lipinski definition) is 5. The lowest BCUT2D eigenvalue weighted by molar-refractivity contribution is -0.117. The molecule has 0 spiro atoms. The number of pyridine rings is 1. The normalized spacial score (nSPS) is 12.8. The number of halogens is 2. The van der Waals surface area contributed by atoms with Crippen molar-refractivity contribution in [3.05, 3.63) is 83.6 Å². The second kappa shape index (κ2) is 9.42. The molecule has 1 aliphatic heterocycles. The average molecular weight is 438 g/mol. The molecule has 0 fully saturated rings. The molecule has 32 heavy (non-hydrogen) atoms. The van der Waals surface area contributed by atoms with Gasteiger partial charge in [-0.05, 0) is 29.3 Å². The van der Waals surface area contributed by atoms with Crippen LogP contribution in [0.3, 0.4) is 0 Å². The van der Waals surface area contributed by atoms with Crippen LogP contribution < -0.4 is 20.3 Å². The molecular formula is C23H20F2N4O3. The van der Waals surface area contributed by atoms with Crippen molar-refractivity contribution in [2.45, 2.75) is 19.7 Å². The third-order valence-corrected chi connectivity index (χ3v) is 4.91. The van der Waals surface area contributed by atoms with Gasteiger partial charge in [-0.1, -0.05) is 42.5 Å². The minimum absolute atomic E-state index is 0.0460. The minimum Gasteiger partial charge on any atom is -0.435 e. The standard InChI is InChI=1S/C23H20F2N4O3/c24-23(25)32-18-8-6-15(7-9-18)11-28-22(31)17-10-19-21(26-12-17)27-13-20(30)29(19)14-16-4-2-1-3-5-16/h1-10,12,23H,11,13-14H2,(H,26,27)(H,28,31). The molecule has 0 aliphatic carbocycles. The van der Waals surface area contributed by atoms with Crippen molar-refractivity contribution in [1.29, 1.82) is 0 Å². The molecule has 3 aromatic rings. The number of nitrogens with one attached hydrogen (secondary N) is 2. The lowest BCUT2D eigenvalue weighted by atomic mass is 10.1. The maximum absolute atomic E-state index is 12.7. The third kappa shape index (κ3) is 5.00. The van der Waals surface area contributed by atoms with E-state index >= 15 is 0 Å². The summed E-state index contributed by atoms with van der Waals surface area (Å²) in [4.78, 5) is 31.1. The number of rotatable bonds is 7. The molecule has 4 rings (SSSR count). The molecule has 0 saturated heterocycles. The van der Waals surface area contributed by atoms with Gasteiger partial charge in [-0.15, -0.1) is 0 Å². The van der Waals surface area contributed by atoms with E-state index in [1.54, 1.807) is 23.1 Å². The van der Waals surface area contributed by atoms with Gasteiger partial charge >= 0.3 is 6.61 Å². The zero-order valence-corrected chi connectivity index (χ0v) is 16.9. The Hall–Kier alpha value is -4.01. The fourth-order valence-corrected chi connectivity index (χ4v) is 3.32. The van der Waals surface area contributed by atoms with E-state index in [0.717, 1.165) is 5.56 Å². The molecule has 0 unspecified atom stereocenters. The number of aromatic nitrogens is 1. The second-order valence-electron chi connectivity index (χ2n) is 7.12. The molecule has 0 radical (unpaired) electrons. The summed E-state index contributed by atoms with van der Waals surface area (Å²) in [6, 6.07) is 17.2. The molecule has 164 valence electrons. The molecule has 2 aromatic carbocycles. The van der Waals surface area contributed by atoms with Gasteiger partial charge in [0.05, 0.1) is 24.3 Å². The van der Waals surface area contributed by atoms with Gasteiger partial charge in [0.2, 0.25) is 5.91 Å². The van der Waals surface area contributed by atoms with E-state index in [0.29, 0.717) is 29.2 Å². The van der Waals surface area contributed by atoms with Crippen LogP contribution in [0.25, 0.3) is 0 Å². The van der Waals surface area contributed by atoms with Crippen LogP contribution in [-0.2, 0) is 17.9 Å². The first-order chi connectivity index (χ1) is 15.5. The summed E-state index contributed by atoms with van der Waals surface area (Å²) in [5, 5.41) is 5.74. The fraction of sp³-hybridized carbons (Fsp3) is 0.174. The maximum Gasteiger partial charge on any atom is 0.387 e. The maximum atomic E-state index is 12.7. The molecule has 0 bridgehead atoms. The molecule has 7 nitrogen and oxygen atoms in total. The van der Waals surface area contributed by atoms with Gasteiger partial charge < -0.3 is 20.3 Å². The molecule has 1 aromatic heterocycles. The fourth-order valence-electron chi connectivity index (χ4n) is 3.32. The summed E-state index contributed by atoms with van der Waals surface area (Å²) in [7, 11) is 0. The zero-order chi connectivity index (χ0) is 22.5. The first kappa shape index (κ1) is 21.2. The number of ether oxygens (including phenoxy) is 1. The average Bonchev–Trinajstić information content (AvgIpc) is 2.80. The monoisotopic (exact) mass is 438 g/mol. The van der Waals surface area contributed by atoms with Crippen molar-refractivity contribution in [3.63, 3.8) is 0 Å². The number of carbonyl (C=O) groups is 2. The summed E-state index contributed by atoms with van der Waals surface area (Å²) in [6.07, 6.45) is 1.44. The summed E-state index contributed by atoms with van der Waals surface area (Å²) in [5.74, 6) is 0.0917. The first-order valence-corrected chi connectivity index (χ1v) is 9.90. The van der Waals surface area contributed by atoms with Crippen molar-refractivity contribution in [1.82, 2.24) is 10.3 Å². The van der Waals surface area contributed by atoms with Gasteiger partial charge in [-0.2, -0.15) is 8.78 Å². The van der Waals surface area contributed by atoms with E-state index < -0.39 is 6.61 Å². The Bertz CT molecular complexity index is 1110. The summed E-state index contributed by atoms with van der Waals surface area (Å²) < 4.78 is 28.8. The van der Waals surface area contributed by atoms with E-state index in [1.165, 1.54) is 18.3 Å². The number of carbonyl (C=O) groups excluding carboxylic acids is 2. The number of alkyl halides is 2. The van der Waals surface area contributed by atoms with Crippen molar-refractivity contribution in [2.75, 3.05) is 16.8 Å². The highest BCUT2D eigenvalue weighted by atomic mass is 19.3. The van der Waals surface area contributed by atoms with Crippen LogP contribution in [0.5, 0.6) is 5.75 Å². The van der Waals surface area contributed by atoms with Crippen molar-refractivity contribution >= 4 is 23.3 Å². The highest BCUT2D eigenvalue weighted by Crippen LogP contribution is 2.29. The number of hydrogen-bond donors (Lipinski definition) is 2. The van der Waals surface area contributed by atoms with Crippen LogP contribution in [0.15, 0.2) is 66.9 Å². The van der Waals surface area contributed by atoms with E-state index in [-0.39, 0.29) is 30.7 Å². The van der Waals surface area contributed by atoms with Crippen LogP contribution >= 0.6 is 0 Å².